The summed E-state index contributed by atoms with van der Waals surface area (Å²) >= 11 is 0. The fourth-order valence-electron chi connectivity index (χ4n) is 0.767. The topological polar surface area (TPSA) is 82.3 Å². The van der Waals surface area contributed by atoms with Crippen LogP contribution in [0.15, 0.2) is 12.1 Å². The Morgan fingerprint density at radius 3 is 2.73 bits per heavy atom. The molecule has 5 N–H and O–H groups in total. The highest BCUT2D eigenvalue weighted by atomic mass is 16.3. The van der Waals surface area contributed by atoms with Crippen molar-refractivity contribution in [2.24, 2.45) is 5.73 Å². The molecule has 0 atom stereocenters. The molecule has 0 unspecified atom stereocenters. The van der Waals surface area contributed by atoms with Crippen LogP contribution in [-0.2, 0) is 0 Å². The van der Waals surface area contributed by atoms with E-state index in [-0.39, 0.29) is 11.8 Å². The van der Waals surface area contributed by atoms with Gasteiger partial charge in [0.2, 0.25) is 0 Å². The van der Waals surface area contributed by atoms with Crippen molar-refractivity contribution < 1.29 is 10.2 Å². The largest absolute Gasteiger partial charge is 0.494 e. The Hall–Kier alpha value is -1.42. The molecule has 0 aliphatic heterocycles. The van der Waals surface area contributed by atoms with Gasteiger partial charge in [-0.1, -0.05) is 12.2 Å². The first-order chi connectivity index (χ1) is 5.24. The van der Waals surface area contributed by atoms with Crippen LogP contribution in [0.25, 0.3) is 6.08 Å². The monoisotopic (exact) mass is 154 g/mol. The molecule has 4 nitrogen and oxygen atoms in total. The van der Waals surface area contributed by atoms with E-state index < -0.39 is 0 Å². The molecule has 1 rings (SSSR count). The van der Waals surface area contributed by atoms with Gasteiger partial charge in [0.05, 0.1) is 0 Å². The summed E-state index contributed by atoms with van der Waals surface area (Å²) < 4.78 is 0. The first-order valence-electron chi connectivity index (χ1n) is 3.21. The van der Waals surface area contributed by atoms with E-state index in [1.165, 1.54) is 6.07 Å². The molecule has 4 heteroatoms. The van der Waals surface area contributed by atoms with Gasteiger partial charge in [-0.15, -0.1) is 0 Å². The van der Waals surface area contributed by atoms with Gasteiger partial charge in [0.15, 0.2) is 11.8 Å². The van der Waals surface area contributed by atoms with Crippen LogP contribution in [0.5, 0.6) is 11.8 Å². The Bertz CT molecular complexity index is 265. The van der Waals surface area contributed by atoms with Gasteiger partial charge in [0.1, 0.15) is 0 Å². The lowest BCUT2D eigenvalue weighted by Crippen LogP contribution is -1.91. The highest BCUT2D eigenvalue weighted by molar-refractivity contribution is 5.57. The first kappa shape index (κ1) is 7.68. The lowest BCUT2D eigenvalue weighted by Gasteiger charge is -1.85. The van der Waals surface area contributed by atoms with Crippen LogP contribution in [0.2, 0.25) is 0 Å². The zero-order valence-corrected chi connectivity index (χ0v) is 5.91. The summed E-state index contributed by atoms with van der Waals surface area (Å²) in [6.45, 7) is 0.408. The van der Waals surface area contributed by atoms with Crippen molar-refractivity contribution in [1.29, 1.82) is 0 Å². The molecule has 0 radical (unpaired) electrons. The number of hydrogen-bond donors (Lipinski definition) is 4. The predicted molar refractivity (Wildman–Crippen MR) is 42.2 cm³/mol. The molecule has 0 fully saturated rings. The summed E-state index contributed by atoms with van der Waals surface area (Å²) in [6, 6.07) is 1.42. The molecule has 1 aromatic rings. The van der Waals surface area contributed by atoms with E-state index in [9.17, 15) is 0 Å². The van der Waals surface area contributed by atoms with Gasteiger partial charge in [-0.2, -0.15) is 0 Å². The van der Waals surface area contributed by atoms with Gasteiger partial charge in [0.25, 0.3) is 0 Å². The molecule has 11 heavy (non-hydrogen) atoms. The van der Waals surface area contributed by atoms with Crippen molar-refractivity contribution in [3.63, 3.8) is 0 Å². The summed E-state index contributed by atoms with van der Waals surface area (Å²) in [5.74, 6) is -0.105. The van der Waals surface area contributed by atoms with Gasteiger partial charge < -0.3 is 15.9 Å². The fourth-order valence-corrected chi connectivity index (χ4v) is 0.767. The summed E-state index contributed by atoms with van der Waals surface area (Å²) in [6.07, 6.45) is 3.31. The highest BCUT2D eigenvalue weighted by Gasteiger charge is 2.00. The number of H-pyrrole nitrogens is 1. The van der Waals surface area contributed by atoms with Crippen molar-refractivity contribution in [3.05, 3.63) is 17.7 Å². The molecular weight excluding hydrogens is 144 g/mol. The van der Waals surface area contributed by atoms with Gasteiger partial charge in [-0.05, 0) is 0 Å². The summed E-state index contributed by atoms with van der Waals surface area (Å²) in [7, 11) is 0. The van der Waals surface area contributed by atoms with Crippen molar-refractivity contribution in [3.8, 4) is 11.8 Å². The van der Waals surface area contributed by atoms with E-state index in [0.717, 1.165) is 0 Å². The molecule has 0 saturated carbocycles. The fraction of sp³-hybridized carbons (Fsp3) is 0.143. The third-order valence-corrected chi connectivity index (χ3v) is 1.25. The second-order valence-corrected chi connectivity index (χ2v) is 2.10. The number of hydrogen-bond acceptors (Lipinski definition) is 3. The molecule has 60 valence electrons. The minimum atomic E-state index is -0.0563. The smallest absolute Gasteiger partial charge is 0.198 e. The van der Waals surface area contributed by atoms with Gasteiger partial charge >= 0.3 is 0 Å². The van der Waals surface area contributed by atoms with Crippen LogP contribution >= 0.6 is 0 Å². The first-order valence-corrected chi connectivity index (χ1v) is 3.21. The number of aromatic hydroxyl groups is 2. The zero-order valence-electron chi connectivity index (χ0n) is 5.91. The maximum absolute atomic E-state index is 9.05. The lowest BCUT2D eigenvalue weighted by molar-refractivity contribution is 0.425. The standard InChI is InChI=1S/C7H10N2O2/c8-3-1-2-5-4-6(10)9-7(5)11/h1-2,4,9-11H,3,8H2. The van der Waals surface area contributed by atoms with Crippen LogP contribution < -0.4 is 5.73 Å². The molecule has 1 aromatic heterocycles. The molecule has 0 spiro atoms. The Morgan fingerprint density at radius 1 is 1.55 bits per heavy atom. The van der Waals surface area contributed by atoms with Gasteiger partial charge in [0, 0.05) is 18.2 Å². The minimum Gasteiger partial charge on any atom is -0.494 e. The molecule has 0 aliphatic carbocycles. The van der Waals surface area contributed by atoms with E-state index in [4.69, 9.17) is 15.9 Å². The van der Waals surface area contributed by atoms with Crippen LogP contribution in [-0.4, -0.2) is 21.7 Å². The number of rotatable bonds is 2. The summed E-state index contributed by atoms with van der Waals surface area (Å²) in [5, 5.41) is 17.9. The molecule has 0 bridgehead atoms. The van der Waals surface area contributed by atoms with E-state index in [0.29, 0.717) is 12.1 Å². The second-order valence-electron chi connectivity index (χ2n) is 2.10. The molecule has 0 aliphatic rings. The molecule has 0 saturated heterocycles. The van der Waals surface area contributed by atoms with Crippen LogP contribution in [0.1, 0.15) is 5.56 Å². The van der Waals surface area contributed by atoms with E-state index in [1.807, 2.05) is 0 Å². The second kappa shape index (κ2) is 3.12. The summed E-state index contributed by atoms with van der Waals surface area (Å²) in [4.78, 5) is 2.34. The Labute approximate surface area is 64.0 Å². The number of aromatic nitrogens is 1. The van der Waals surface area contributed by atoms with E-state index in [1.54, 1.807) is 12.2 Å². The van der Waals surface area contributed by atoms with Crippen molar-refractivity contribution >= 4 is 6.08 Å². The number of aromatic amines is 1. The molecular formula is C7H10N2O2. The predicted octanol–water partition coefficient (Wildman–Crippen LogP) is 0.398. The van der Waals surface area contributed by atoms with Crippen LogP contribution in [0.3, 0.4) is 0 Å². The Morgan fingerprint density at radius 2 is 2.27 bits per heavy atom. The third-order valence-electron chi connectivity index (χ3n) is 1.25. The minimum absolute atomic E-state index is 0.0489. The maximum Gasteiger partial charge on any atom is 0.198 e. The lowest BCUT2D eigenvalue weighted by atomic mass is 10.3. The number of nitrogens with two attached hydrogens (primary N) is 1. The zero-order chi connectivity index (χ0) is 8.27. The van der Waals surface area contributed by atoms with Crippen LogP contribution in [0, 0.1) is 0 Å². The molecule has 0 amide bonds. The Kier molecular flexibility index (Phi) is 2.18. The molecule has 1 heterocycles. The highest BCUT2D eigenvalue weighted by Crippen LogP contribution is 2.22. The quantitative estimate of drug-likeness (QED) is 0.497. The normalized spacial score (nSPS) is 11.0. The average molecular weight is 154 g/mol. The van der Waals surface area contributed by atoms with Gasteiger partial charge in [-0.3, -0.25) is 4.98 Å². The van der Waals surface area contributed by atoms with Crippen molar-refractivity contribution in [2.75, 3.05) is 6.54 Å². The van der Waals surface area contributed by atoms with Crippen molar-refractivity contribution in [1.82, 2.24) is 4.98 Å². The van der Waals surface area contributed by atoms with E-state index >= 15 is 0 Å². The summed E-state index contributed by atoms with van der Waals surface area (Å²) in [5.41, 5.74) is 5.73. The van der Waals surface area contributed by atoms with Crippen LogP contribution in [0.4, 0.5) is 0 Å². The number of nitrogens with one attached hydrogen (secondary N) is 1. The molecule has 0 aromatic carbocycles. The third kappa shape index (κ3) is 1.75. The van der Waals surface area contributed by atoms with Crippen molar-refractivity contribution in [2.45, 2.75) is 0 Å². The Balaban J connectivity index is 2.85. The van der Waals surface area contributed by atoms with Gasteiger partial charge in [-0.25, -0.2) is 0 Å². The SMILES string of the molecule is NCC=Cc1cc(O)[nH]c1O. The maximum atomic E-state index is 9.05. The average Bonchev–Trinajstić information content (AvgIpc) is 2.26. The van der Waals surface area contributed by atoms with E-state index in [2.05, 4.69) is 4.98 Å².